The van der Waals surface area contributed by atoms with Gasteiger partial charge in [-0.3, -0.25) is 4.72 Å². The van der Waals surface area contributed by atoms with E-state index in [1.807, 2.05) is 30.9 Å². The fourth-order valence-electron chi connectivity index (χ4n) is 4.02. The van der Waals surface area contributed by atoms with Crippen LogP contribution in [0.2, 0.25) is 0 Å². The van der Waals surface area contributed by atoms with Crippen LogP contribution in [0, 0.1) is 0 Å². The number of aromatic nitrogens is 1. The zero-order valence-electron chi connectivity index (χ0n) is 17.5. The van der Waals surface area contributed by atoms with Crippen LogP contribution in [0.15, 0.2) is 41.4 Å². The minimum absolute atomic E-state index is 0.0356. The highest BCUT2D eigenvalue weighted by Gasteiger charge is 2.21. The molecule has 1 aliphatic carbocycles. The SMILES string of the molecule is CCN(CC)c1ncc(NS(=O)(=O)c2ccc(C3CCCCC3)cc2)cc1C(=O)O. The third-order valence-electron chi connectivity index (χ3n) is 5.68. The van der Waals surface area contributed by atoms with Crippen LogP contribution >= 0.6 is 0 Å². The lowest BCUT2D eigenvalue weighted by molar-refractivity contribution is 0.0697. The van der Waals surface area contributed by atoms with Crippen LogP contribution in [0.3, 0.4) is 0 Å². The summed E-state index contributed by atoms with van der Waals surface area (Å²) in [5.41, 5.74) is 1.26. The summed E-state index contributed by atoms with van der Waals surface area (Å²) in [4.78, 5) is 17.9. The number of carboxylic acids is 1. The van der Waals surface area contributed by atoms with E-state index in [1.165, 1.54) is 37.1 Å². The molecule has 162 valence electrons. The molecule has 0 aliphatic heterocycles. The minimum atomic E-state index is -3.84. The molecule has 3 rings (SSSR count). The second-order valence-electron chi connectivity index (χ2n) is 7.58. The van der Waals surface area contributed by atoms with E-state index in [2.05, 4.69) is 9.71 Å². The molecule has 2 aromatic rings. The van der Waals surface area contributed by atoms with Crippen molar-refractivity contribution in [1.82, 2.24) is 4.98 Å². The van der Waals surface area contributed by atoms with Crippen molar-refractivity contribution in [1.29, 1.82) is 0 Å². The number of benzene rings is 1. The Kier molecular flexibility index (Phi) is 6.97. The number of nitrogens with one attached hydrogen (secondary N) is 1. The van der Waals surface area contributed by atoms with Crippen LogP contribution in [0.5, 0.6) is 0 Å². The molecule has 0 amide bonds. The average molecular weight is 432 g/mol. The number of rotatable bonds is 8. The molecular weight excluding hydrogens is 402 g/mol. The highest BCUT2D eigenvalue weighted by molar-refractivity contribution is 7.92. The first-order valence-corrected chi connectivity index (χ1v) is 11.9. The summed E-state index contributed by atoms with van der Waals surface area (Å²) in [6.07, 6.45) is 7.35. The number of nitrogens with zero attached hydrogens (tertiary/aromatic N) is 2. The van der Waals surface area contributed by atoms with Crippen molar-refractivity contribution < 1.29 is 18.3 Å². The van der Waals surface area contributed by atoms with Gasteiger partial charge in [0.1, 0.15) is 11.4 Å². The van der Waals surface area contributed by atoms with E-state index >= 15 is 0 Å². The van der Waals surface area contributed by atoms with Gasteiger partial charge >= 0.3 is 5.97 Å². The summed E-state index contributed by atoms with van der Waals surface area (Å²) >= 11 is 0. The van der Waals surface area contributed by atoms with E-state index in [0.717, 1.165) is 12.8 Å². The molecule has 7 nitrogen and oxygen atoms in total. The van der Waals surface area contributed by atoms with Crippen molar-refractivity contribution in [2.75, 3.05) is 22.7 Å². The number of carbonyl (C=O) groups is 1. The van der Waals surface area contributed by atoms with E-state index in [-0.39, 0.29) is 16.1 Å². The first-order valence-electron chi connectivity index (χ1n) is 10.5. The molecule has 0 atom stereocenters. The molecule has 1 aromatic heterocycles. The molecule has 0 radical (unpaired) electrons. The zero-order valence-corrected chi connectivity index (χ0v) is 18.3. The van der Waals surface area contributed by atoms with Crippen molar-refractivity contribution in [3.8, 4) is 0 Å². The normalized spacial score (nSPS) is 15.0. The van der Waals surface area contributed by atoms with Crippen LogP contribution in [0.1, 0.15) is 67.8 Å². The van der Waals surface area contributed by atoms with Gasteiger partial charge in [-0.2, -0.15) is 0 Å². The largest absolute Gasteiger partial charge is 0.478 e. The van der Waals surface area contributed by atoms with Crippen LogP contribution in [0.25, 0.3) is 0 Å². The predicted octanol–water partition coefficient (Wildman–Crippen LogP) is 4.47. The molecular formula is C22H29N3O4S. The minimum Gasteiger partial charge on any atom is -0.478 e. The number of sulfonamides is 1. The molecule has 1 aliphatic rings. The third-order valence-corrected chi connectivity index (χ3v) is 7.08. The first kappa shape index (κ1) is 22.1. The van der Waals surface area contributed by atoms with E-state index in [0.29, 0.717) is 24.8 Å². The lowest BCUT2D eigenvalue weighted by atomic mass is 9.84. The van der Waals surface area contributed by atoms with Gasteiger partial charge in [0, 0.05) is 13.1 Å². The summed E-state index contributed by atoms with van der Waals surface area (Å²) in [5.74, 6) is -0.326. The van der Waals surface area contributed by atoms with Gasteiger partial charge in [-0.1, -0.05) is 31.4 Å². The molecule has 30 heavy (non-hydrogen) atoms. The van der Waals surface area contributed by atoms with Crippen LogP contribution in [-0.2, 0) is 10.0 Å². The Morgan fingerprint density at radius 3 is 2.33 bits per heavy atom. The summed E-state index contributed by atoms with van der Waals surface area (Å²) in [7, 11) is -3.84. The second kappa shape index (κ2) is 9.47. The Bertz CT molecular complexity index is 980. The van der Waals surface area contributed by atoms with Crippen molar-refractivity contribution in [3.63, 3.8) is 0 Å². The average Bonchev–Trinajstić information content (AvgIpc) is 2.76. The van der Waals surface area contributed by atoms with Gasteiger partial charge in [-0.25, -0.2) is 18.2 Å². The Hall–Kier alpha value is -2.61. The fraction of sp³-hybridized carbons (Fsp3) is 0.455. The summed E-state index contributed by atoms with van der Waals surface area (Å²) in [6.45, 7) is 5.01. The van der Waals surface area contributed by atoms with Gasteiger partial charge in [0.25, 0.3) is 10.0 Å². The molecule has 0 saturated heterocycles. The molecule has 1 heterocycles. The van der Waals surface area contributed by atoms with Gasteiger partial charge in [-0.05, 0) is 56.4 Å². The first-order chi connectivity index (χ1) is 14.4. The summed E-state index contributed by atoms with van der Waals surface area (Å²) in [6, 6.07) is 8.31. The molecule has 1 fully saturated rings. The third kappa shape index (κ3) is 4.92. The molecule has 1 saturated carbocycles. The topological polar surface area (TPSA) is 99.6 Å². The molecule has 8 heteroatoms. The second-order valence-corrected chi connectivity index (χ2v) is 9.26. The molecule has 0 spiro atoms. The quantitative estimate of drug-likeness (QED) is 0.639. The number of pyridine rings is 1. The Morgan fingerprint density at radius 2 is 1.77 bits per heavy atom. The van der Waals surface area contributed by atoms with E-state index < -0.39 is 16.0 Å². The van der Waals surface area contributed by atoms with Crippen molar-refractivity contribution >= 4 is 27.5 Å². The van der Waals surface area contributed by atoms with Gasteiger partial charge in [-0.15, -0.1) is 0 Å². The van der Waals surface area contributed by atoms with Crippen molar-refractivity contribution in [2.24, 2.45) is 0 Å². The fourth-order valence-corrected chi connectivity index (χ4v) is 5.05. The highest BCUT2D eigenvalue weighted by Crippen LogP contribution is 2.33. The lowest BCUT2D eigenvalue weighted by Gasteiger charge is -2.22. The van der Waals surface area contributed by atoms with E-state index in [9.17, 15) is 18.3 Å². The van der Waals surface area contributed by atoms with Crippen LogP contribution < -0.4 is 9.62 Å². The Balaban J connectivity index is 1.82. The molecule has 0 bridgehead atoms. The molecule has 2 N–H and O–H groups in total. The summed E-state index contributed by atoms with van der Waals surface area (Å²) < 4.78 is 28.1. The summed E-state index contributed by atoms with van der Waals surface area (Å²) in [5, 5.41) is 9.56. The van der Waals surface area contributed by atoms with E-state index in [4.69, 9.17) is 0 Å². The smallest absolute Gasteiger partial charge is 0.339 e. The van der Waals surface area contributed by atoms with Gasteiger partial charge < -0.3 is 10.0 Å². The number of hydrogen-bond acceptors (Lipinski definition) is 5. The maximum atomic E-state index is 12.8. The molecule has 1 aromatic carbocycles. The number of carboxylic acid groups (broad SMARTS) is 1. The Labute approximate surface area is 178 Å². The maximum Gasteiger partial charge on any atom is 0.339 e. The van der Waals surface area contributed by atoms with E-state index in [1.54, 1.807) is 12.1 Å². The van der Waals surface area contributed by atoms with Gasteiger partial charge in [0.2, 0.25) is 0 Å². The standard InChI is InChI=1S/C22H29N3O4S/c1-3-25(4-2)21-20(22(26)27)14-18(15-23-21)24-30(28,29)19-12-10-17(11-13-19)16-8-6-5-7-9-16/h10-16,24H,3-9H2,1-2H3,(H,26,27). The number of hydrogen-bond donors (Lipinski definition) is 2. The zero-order chi connectivity index (χ0) is 21.7. The van der Waals surface area contributed by atoms with Crippen molar-refractivity contribution in [3.05, 3.63) is 47.7 Å². The monoisotopic (exact) mass is 431 g/mol. The number of aromatic carboxylic acids is 1. The van der Waals surface area contributed by atoms with Gasteiger partial charge in [0.05, 0.1) is 16.8 Å². The Morgan fingerprint density at radius 1 is 1.13 bits per heavy atom. The van der Waals surface area contributed by atoms with Crippen LogP contribution in [0.4, 0.5) is 11.5 Å². The van der Waals surface area contributed by atoms with Crippen LogP contribution in [-0.4, -0.2) is 37.6 Å². The van der Waals surface area contributed by atoms with Gasteiger partial charge in [0.15, 0.2) is 0 Å². The van der Waals surface area contributed by atoms with Crippen molar-refractivity contribution in [2.45, 2.75) is 56.8 Å². The highest BCUT2D eigenvalue weighted by atomic mass is 32.2. The number of anilines is 2. The molecule has 0 unspecified atom stereocenters. The predicted molar refractivity (Wildman–Crippen MR) is 118 cm³/mol. The lowest BCUT2D eigenvalue weighted by Crippen LogP contribution is -2.25. The maximum absolute atomic E-state index is 12.8.